The van der Waals surface area contributed by atoms with E-state index < -0.39 is 0 Å². The number of carbonyl (C=O) groups is 2. The van der Waals surface area contributed by atoms with Crippen LogP contribution in [-0.4, -0.2) is 39.2 Å². The van der Waals surface area contributed by atoms with Crippen LogP contribution in [0.15, 0.2) is 42.6 Å². The van der Waals surface area contributed by atoms with Gasteiger partial charge in [0.05, 0.1) is 5.52 Å². The first-order valence-corrected chi connectivity index (χ1v) is 10.1. The van der Waals surface area contributed by atoms with Crippen LogP contribution in [0.1, 0.15) is 52.0 Å². The number of nitrogens with zero attached hydrogens (tertiary/aromatic N) is 3. The van der Waals surface area contributed by atoms with Crippen LogP contribution in [0.3, 0.4) is 0 Å². The molecule has 2 aromatic heterocycles. The number of rotatable bonds is 3. The highest BCUT2D eigenvalue weighted by molar-refractivity contribution is 6.06. The number of nitrogens with one attached hydrogen (secondary N) is 1. The van der Waals surface area contributed by atoms with Crippen LogP contribution in [0.5, 0.6) is 0 Å². The molecule has 1 atom stereocenters. The van der Waals surface area contributed by atoms with E-state index in [-0.39, 0.29) is 17.6 Å². The Morgan fingerprint density at radius 2 is 2.00 bits per heavy atom. The number of aromatic nitrogens is 2. The van der Waals surface area contributed by atoms with E-state index in [1.165, 1.54) is 0 Å². The average molecular weight is 390 g/mol. The Morgan fingerprint density at radius 3 is 2.79 bits per heavy atom. The van der Waals surface area contributed by atoms with E-state index in [0.29, 0.717) is 17.1 Å². The highest BCUT2D eigenvalue weighted by Gasteiger charge is 2.27. The molecule has 1 N–H and O–H groups in total. The largest absolute Gasteiger partial charge is 0.337 e. The normalized spacial score (nSPS) is 16.8. The molecule has 0 saturated carbocycles. The second-order valence-electron chi connectivity index (χ2n) is 8.01. The number of anilines is 1. The van der Waals surface area contributed by atoms with E-state index in [1.54, 1.807) is 10.6 Å². The maximum atomic E-state index is 13.2. The van der Waals surface area contributed by atoms with Gasteiger partial charge in [0.15, 0.2) is 5.69 Å². The summed E-state index contributed by atoms with van der Waals surface area (Å²) in [6.07, 6.45) is 3.91. The quantitative estimate of drug-likeness (QED) is 0.733. The highest BCUT2D eigenvalue weighted by atomic mass is 16.2. The molecule has 0 aliphatic carbocycles. The summed E-state index contributed by atoms with van der Waals surface area (Å²) in [5, 5.41) is 2.95. The van der Waals surface area contributed by atoms with Crippen LogP contribution >= 0.6 is 0 Å². The summed E-state index contributed by atoms with van der Waals surface area (Å²) in [5.41, 5.74) is 3.78. The molecule has 3 aromatic rings. The molecule has 1 aliphatic rings. The predicted molar refractivity (Wildman–Crippen MR) is 113 cm³/mol. The van der Waals surface area contributed by atoms with Crippen LogP contribution in [-0.2, 0) is 0 Å². The van der Waals surface area contributed by atoms with Crippen molar-refractivity contribution in [1.82, 2.24) is 14.3 Å². The van der Waals surface area contributed by atoms with Crippen molar-refractivity contribution >= 4 is 23.0 Å². The summed E-state index contributed by atoms with van der Waals surface area (Å²) in [6.45, 7) is 7.56. The first kappa shape index (κ1) is 19.2. The molecule has 1 aromatic carbocycles. The summed E-state index contributed by atoms with van der Waals surface area (Å²) >= 11 is 0. The fraction of sp³-hybridized carbons (Fsp3) is 0.348. The van der Waals surface area contributed by atoms with Crippen LogP contribution in [0, 0.1) is 19.8 Å². The number of imidazole rings is 1. The van der Waals surface area contributed by atoms with Crippen molar-refractivity contribution < 1.29 is 9.59 Å². The lowest BCUT2D eigenvalue weighted by atomic mass is 10.00. The minimum Gasteiger partial charge on any atom is -0.337 e. The lowest BCUT2D eigenvalue weighted by Gasteiger charge is -2.30. The zero-order chi connectivity index (χ0) is 20.5. The Kier molecular flexibility index (Phi) is 5.09. The van der Waals surface area contributed by atoms with Gasteiger partial charge < -0.3 is 10.2 Å². The molecule has 29 heavy (non-hydrogen) atoms. The zero-order valence-corrected chi connectivity index (χ0v) is 17.1. The Labute approximate surface area is 170 Å². The minimum atomic E-state index is -0.328. The van der Waals surface area contributed by atoms with Gasteiger partial charge in [-0.3, -0.25) is 14.0 Å². The van der Waals surface area contributed by atoms with Crippen molar-refractivity contribution in [2.45, 2.75) is 33.6 Å². The fourth-order valence-corrected chi connectivity index (χ4v) is 3.93. The maximum Gasteiger partial charge on any atom is 0.292 e. The summed E-state index contributed by atoms with van der Waals surface area (Å²) in [7, 11) is 0. The summed E-state index contributed by atoms with van der Waals surface area (Å²) in [6, 6.07) is 11.4. The van der Waals surface area contributed by atoms with Crippen LogP contribution in [0.4, 0.5) is 5.69 Å². The third kappa shape index (κ3) is 3.75. The molecule has 2 amide bonds. The Bertz CT molecular complexity index is 1090. The summed E-state index contributed by atoms with van der Waals surface area (Å²) < 4.78 is 1.70. The Hall–Kier alpha value is -3.15. The molecule has 0 radical (unpaired) electrons. The molecular formula is C23H26N4O2. The van der Waals surface area contributed by atoms with Gasteiger partial charge in [-0.1, -0.05) is 25.1 Å². The number of benzene rings is 1. The van der Waals surface area contributed by atoms with E-state index in [2.05, 4.69) is 17.2 Å². The molecule has 3 heterocycles. The van der Waals surface area contributed by atoms with E-state index in [4.69, 9.17) is 0 Å². The zero-order valence-electron chi connectivity index (χ0n) is 17.1. The second kappa shape index (κ2) is 7.70. The van der Waals surface area contributed by atoms with Crippen LogP contribution in [0.25, 0.3) is 5.52 Å². The number of carbonyl (C=O) groups excluding carboxylic acids is 2. The average Bonchev–Trinajstić information content (AvgIpc) is 3.10. The van der Waals surface area contributed by atoms with E-state index >= 15 is 0 Å². The second-order valence-corrected chi connectivity index (χ2v) is 8.01. The number of hydrogen-bond acceptors (Lipinski definition) is 3. The number of piperidine rings is 1. The maximum absolute atomic E-state index is 13.2. The molecule has 0 spiro atoms. The van der Waals surface area contributed by atoms with Gasteiger partial charge in [0.1, 0.15) is 0 Å². The molecule has 1 fully saturated rings. The number of pyridine rings is 1. The lowest BCUT2D eigenvalue weighted by molar-refractivity contribution is 0.0679. The molecule has 0 bridgehead atoms. The predicted octanol–water partition coefficient (Wildman–Crippen LogP) is 4.08. The molecule has 6 nitrogen and oxygen atoms in total. The Balaban J connectivity index is 1.69. The van der Waals surface area contributed by atoms with Gasteiger partial charge in [0, 0.05) is 25.0 Å². The molecule has 150 valence electrons. The van der Waals surface area contributed by atoms with Crippen LogP contribution in [0.2, 0.25) is 0 Å². The third-order valence-electron chi connectivity index (χ3n) is 5.54. The number of hydrogen-bond donors (Lipinski definition) is 1. The van der Waals surface area contributed by atoms with E-state index in [1.807, 2.05) is 55.1 Å². The third-order valence-corrected chi connectivity index (χ3v) is 5.54. The summed E-state index contributed by atoms with van der Waals surface area (Å²) in [5.74, 6) is 0.264. The molecule has 1 saturated heterocycles. The first-order chi connectivity index (χ1) is 13.9. The van der Waals surface area contributed by atoms with Gasteiger partial charge in [0.25, 0.3) is 11.8 Å². The minimum absolute atomic E-state index is 0.106. The van der Waals surface area contributed by atoms with Crippen molar-refractivity contribution in [3.63, 3.8) is 0 Å². The van der Waals surface area contributed by atoms with Crippen molar-refractivity contribution in [1.29, 1.82) is 0 Å². The fourth-order valence-electron chi connectivity index (χ4n) is 3.93. The van der Waals surface area contributed by atoms with E-state index in [0.717, 1.165) is 42.7 Å². The topological polar surface area (TPSA) is 66.7 Å². The first-order valence-electron chi connectivity index (χ1n) is 10.1. The van der Waals surface area contributed by atoms with Crippen molar-refractivity contribution in [2.24, 2.45) is 5.92 Å². The molecule has 4 rings (SSSR count). The van der Waals surface area contributed by atoms with Gasteiger partial charge in [-0.05, 0) is 61.9 Å². The van der Waals surface area contributed by atoms with Gasteiger partial charge in [0.2, 0.25) is 5.82 Å². The van der Waals surface area contributed by atoms with Gasteiger partial charge in [-0.2, -0.15) is 0 Å². The molecular weight excluding hydrogens is 364 g/mol. The lowest BCUT2D eigenvalue weighted by Crippen LogP contribution is -2.39. The number of likely N-dealkylation sites (tertiary alicyclic amines) is 1. The van der Waals surface area contributed by atoms with Crippen molar-refractivity contribution in [2.75, 3.05) is 18.4 Å². The van der Waals surface area contributed by atoms with Crippen molar-refractivity contribution in [3.05, 3.63) is 65.2 Å². The highest BCUT2D eigenvalue weighted by Crippen LogP contribution is 2.22. The molecule has 1 unspecified atom stereocenters. The van der Waals surface area contributed by atoms with E-state index in [9.17, 15) is 9.59 Å². The number of fused-ring (bicyclic) bond motifs is 1. The van der Waals surface area contributed by atoms with Crippen molar-refractivity contribution in [3.8, 4) is 0 Å². The molecule has 1 aliphatic heterocycles. The van der Waals surface area contributed by atoms with Gasteiger partial charge >= 0.3 is 0 Å². The number of amides is 2. The monoisotopic (exact) mass is 390 g/mol. The number of aryl methyl sites for hydroxylation is 2. The standard InChI is InChI=1S/C23H26N4O2/c1-15-9-10-17(3)18(13-15)24-22(28)21-25-20(19-8-4-5-12-27(19)21)23(29)26-11-6-7-16(2)14-26/h4-5,8-10,12-13,16H,6-7,11,14H2,1-3H3,(H,24,28). The SMILES string of the molecule is Cc1ccc(C)c(NC(=O)c2nc(C(=O)N3CCCC(C)C3)c3ccccn23)c1. The van der Waals surface area contributed by atoms with Crippen LogP contribution < -0.4 is 5.32 Å². The van der Waals surface area contributed by atoms with Gasteiger partial charge in [-0.15, -0.1) is 0 Å². The smallest absolute Gasteiger partial charge is 0.292 e. The van der Waals surface area contributed by atoms with Gasteiger partial charge in [-0.25, -0.2) is 4.98 Å². The summed E-state index contributed by atoms with van der Waals surface area (Å²) in [4.78, 5) is 32.6. The molecule has 6 heteroatoms. The Morgan fingerprint density at radius 1 is 1.17 bits per heavy atom.